The number of rotatable bonds is 10. The number of ether oxygens (including phenoxy) is 1. The van der Waals surface area contributed by atoms with Crippen LogP contribution in [-0.4, -0.2) is 71.6 Å². The van der Waals surface area contributed by atoms with Gasteiger partial charge in [0.15, 0.2) is 0 Å². The van der Waals surface area contributed by atoms with Crippen molar-refractivity contribution in [3.8, 4) is 17.0 Å². The Morgan fingerprint density at radius 1 is 0.930 bits per heavy atom. The van der Waals surface area contributed by atoms with Crippen LogP contribution >= 0.6 is 0 Å². The van der Waals surface area contributed by atoms with Gasteiger partial charge in [-0.15, -0.1) is 0 Å². The Morgan fingerprint density at radius 2 is 1.67 bits per heavy atom. The van der Waals surface area contributed by atoms with Crippen LogP contribution in [0, 0.1) is 0 Å². The van der Waals surface area contributed by atoms with Gasteiger partial charge in [-0.2, -0.15) is 0 Å². The van der Waals surface area contributed by atoms with Gasteiger partial charge in [0.1, 0.15) is 18.4 Å². The van der Waals surface area contributed by atoms with Gasteiger partial charge in [0.2, 0.25) is 5.91 Å². The van der Waals surface area contributed by atoms with E-state index < -0.39 is 6.04 Å². The molecule has 0 saturated carbocycles. The minimum atomic E-state index is -0.574. The summed E-state index contributed by atoms with van der Waals surface area (Å²) < 4.78 is 8.51. The van der Waals surface area contributed by atoms with Crippen LogP contribution < -0.4 is 10.1 Å². The van der Waals surface area contributed by atoms with Gasteiger partial charge in [-0.05, 0) is 55.6 Å². The molecule has 7 heteroatoms. The Labute approximate surface area is 258 Å². The molecule has 2 amide bonds. The van der Waals surface area contributed by atoms with Crippen LogP contribution in [0.2, 0.25) is 0 Å². The number of aromatic nitrogens is 1. The van der Waals surface area contributed by atoms with Gasteiger partial charge in [0, 0.05) is 48.2 Å². The Morgan fingerprint density at radius 3 is 2.40 bits per heavy atom. The monoisotopic (exact) mass is 588 g/mol. The number of amides is 2. The van der Waals surface area contributed by atoms with Gasteiger partial charge in [0.05, 0.1) is 12.2 Å². The molecular formula is C36H52N4O3. The normalized spacial score (nSPS) is 16.2. The lowest BCUT2D eigenvalue weighted by molar-refractivity contribution is -0.134. The summed E-state index contributed by atoms with van der Waals surface area (Å²) in [6.45, 7) is 18.0. The van der Waals surface area contributed by atoms with Crippen molar-refractivity contribution < 1.29 is 14.3 Å². The summed E-state index contributed by atoms with van der Waals surface area (Å²) in [6.07, 6.45) is 6.09. The molecule has 1 aromatic heterocycles. The van der Waals surface area contributed by atoms with E-state index in [2.05, 4.69) is 59.8 Å². The number of unbranched alkanes of at least 4 members (excludes halogenated alkanes) is 3. The lowest BCUT2D eigenvalue weighted by Gasteiger charge is -2.35. The fourth-order valence-corrected chi connectivity index (χ4v) is 6.50. The smallest absolute Gasteiger partial charge is 0.251 e. The van der Waals surface area contributed by atoms with E-state index in [0.29, 0.717) is 37.7 Å². The second kappa shape index (κ2) is 15.4. The molecule has 3 heterocycles. The average Bonchev–Trinajstić information content (AvgIpc) is 3.24. The number of hydrogen-bond acceptors (Lipinski definition) is 4. The maximum Gasteiger partial charge on any atom is 0.251 e. The van der Waals surface area contributed by atoms with Crippen LogP contribution in [-0.2, 0) is 11.3 Å². The summed E-state index contributed by atoms with van der Waals surface area (Å²) in [5, 5.41) is 4.19. The summed E-state index contributed by atoms with van der Waals surface area (Å²) >= 11 is 0. The molecule has 2 aliphatic heterocycles. The van der Waals surface area contributed by atoms with Gasteiger partial charge in [-0.1, -0.05) is 78.5 Å². The van der Waals surface area contributed by atoms with Crippen LogP contribution in [0.4, 0.5) is 0 Å². The molecule has 0 aliphatic carbocycles. The van der Waals surface area contributed by atoms with Crippen LogP contribution in [0.3, 0.4) is 0 Å². The largest absolute Gasteiger partial charge is 0.491 e. The zero-order valence-corrected chi connectivity index (χ0v) is 27.2. The molecule has 234 valence electrons. The first-order chi connectivity index (χ1) is 20.9. The topological polar surface area (TPSA) is 66.8 Å². The molecule has 1 fully saturated rings. The van der Waals surface area contributed by atoms with Crippen molar-refractivity contribution in [3.05, 3.63) is 53.6 Å². The molecule has 2 aromatic carbocycles. The first-order valence-corrected chi connectivity index (χ1v) is 16.6. The van der Waals surface area contributed by atoms with Gasteiger partial charge < -0.3 is 24.4 Å². The third-order valence-electron chi connectivity index (χ3n) is 8.91. The molecule has 3 aromatic rings. The maximum atomic E-state index is 13.4. The molecule has 2 atom stereocenters. The summed E-state index contributed by atoms with van der Waals surface area (Å²) in [5.74, 6) is 1.07. The highest BCUT2D eigenvalue weighted by Gasteiger charge is 2.28. The molecule has 2 unspecified atom stereocenters. The number of nitrogens with zero attached hydrogens (tertiary/aromatic N) is 3. The molecule has 0 spiro atoms. The van der Waals surface area contributed by atoms with Crippen molar-refractivity contribution >= 4 is 22.7 Å². The molecule has 43 heavy (non-hydrogen) atoms. The molecular weight excluding hydrogens is 536 g/mol. The average molecular weight is 589 g/mol. The number of carbonyl (C=O) groups excluding carboxylic acids is 2. The Bertz CT molecular complexity index is 1370. The first kappa shape index (κ1) is 32.6. The molecule has 7 nitrogen and oxygen atoms in total. The third kappa shape index (κ3) is 7.26. The number of nitrogens with one attached hydrogen (secondary N) is 1. The van der Waals surface area contributed by atoms with E-state index in [4.69, 9.17) is 4.74 Å². The van der Waals surface area contributed by atoms with Crippen LogP contribution in [0.15, 0.2) is 42.5 Å². The zero-order valence-electron chi connectivity index (χ0n) is 27.2. The number of piperazine rings is 1. The lowest BCUT2D eigenvalue weighted by Crippen LogP contribution is -2.54. The first-order valence-electron chi connectivity index (χ1n) is 16.6. The van der Waals surface area contributed by atoms with Crippen LogP contribution in [0.25, 0.3) is 22.2 Å². The van der Waals surface area contributed by atoms with Crippen LogP contribution in [0.5, 0.6) is 5.75 Å². The summed E-state index contributed by atoms with van der Waals surface area (Å²) in [7, 11) is 0. The van der Waals surface area contributed by atoms with E-state index in [0.717, 1.165) is 42.9 Å². The van der Waals surface area contributed by atoms with Crippen molar-refractivity contribution in [2.24, 2.45) is 0 Å². The maximum absolute atomic E-state index is 13.4. The summed E-state index contributed by atoms with van der Waals surface area (Å²) in [6, 6.07) is 13.8. The highest BCUT2D eigenvalue weighted by molar-refractivity contribution is 6.02. The van der Waals surface area contributed by atoms with E-state index in [1.54, 1.807) is 6.92 Å². The van der Waals surface area contributed by atoms with Gasteiger partial charge in [-0.25, -0.2) is 0 Å². The van der Waals surface area contributed by atoms with Crippen molar-refractivity contribution in [3.63, 3.8) is 0 Å². The Balaban J connectivity index is 0.00000207. The van der Waals surface area contributed by atoms with Crippen molar-refractivity contribution in [2.75, 3.05) is 39.3 Å². The second-order valence-electron chi connectivity index (χ2n) is 11.7. The molecule has 1 saturated heterocycles. The quantitative estimate of drug-likeness (QED) is 0.257. The summed E-state index contributed by atoms with van der Waals surface area (Å²) in [5.41, 5.74) is 5.30. The standard InChI is InChI=1S/C34H46N4O3.C2H6/c1-5-7-8-9-12-24(3)31-27-16-15-26(33(39)35-25(4)34(40)37-19-17-36(6-2)18-20-37)23-29(27)38-21-22-41-30-14-11-10-13-28(30)32(31)38;1-2/h10-11,13-16,23-25H,5-9,12,17-22H2,1-4H3,(H,35,39);1-2H3. The molecule has 0 radical (unpaired) electrons. The number of likely N-dealkylation sites (N-methyl/N-ethyl adjacent to an activating group) is 1. The van der Waals surface area contributed by atoms with Gasteiger partial charge >= 0.3 is 0 Å². The predicted octanol–water partition coefficient (Wildman–Crippen LogP) is 7.08. The van der Waals surface area contributed by atoms with Crippen molar-refractivity contribution in [1.29, 1.82) is 0 Å². The molecule has 5 rings (SSSR count). The van der Waals surface area contributed by atoms with E-state index >= 15 is 0 Å². The Kier molecular flexibility index (Phi) is 11.7. The number of para-hydroxylation sites is 1. The van der Waals surface area contributed by atoms with E-state index in [1.165, 1.54) is 42.3 Å². The Hall–Kier alpha value is -3.32. The number of hydrogen-bond donors (Lipinski definition) is 1. The van der Waals surface area contributed by atoms with Crippen molar-refractivity contribution in [1.82, 2.24) is 19.7 Å². The van der Waals surface area contributed by atoms with Gasteiger partial charge in [-0.3, -0.25) is 9.59 Å². The molecule has 2 aliphatic rings. The number of fused-ring (bicyclic) bond motifs is 5. The fourth-order valence-electron chi connectivity index (χ4n) is 6.50. The number of carbonyl (C=O) groups is 2. The lowest BCUT2D eigenvalue weighted by atomic mass is 9.90. The predicted molar refractivity (Wildman–Crippen MR) is 177 cm³/mol. The van der Waals surface area contributed by atoms with Crippen molar-refractivity contribution in [2.45, 2.75) is 92.2 Å². The zero-order chi connectivity index (χ0) is 30.9. The highest BCUT2D eigenvalue weighted by Crippen LogP contribution is 2.44. The third-order valence-corrected chi connectivity index (χ3v) is 8.91. The van der Waals surface area contributed by atoms with E-state index in [9.17, 15) is 9.59 Å². The minimum Gasteiger partial charge on any atom is -0.491 e. The molecule has 0 bridgehead atoms. The molecule has 1 N–H and O–H groups in total. The fraction of sp³-hybridized carbons (Fsp3) is 0.556. The minimum absolute atomic E-state index is 0.0142. The second-order valence-corrected chi connectivity index (χ2v) is 11.7. The van der Waals surface area contributed by atoms with E-state index in [-0.39, 0.29) is 11.8 Å². The van der Waals surface area contributed by atoms with E-state index in [1.807, 2.05) is 36.9 Å². The highest BCUT2D eigenvalue weighted by atomic mass is 16.5. The van der Waals surface area contributed by atoms with Gasteiger partial charge in [0.25, 0.3) is 5.91 Å². The number of benzene rings is 2. The van der Waals surface area contributed by atoms with Crippen LogP contribution in [0.1, 0.15) is 95.5 Å². The summed E-state index contributed by atoms with van der Waals surface area (Å²) in [4.78, 5) is 30.8. The SMILES string of the molecule is CC.CCCCCCC(C)c1c2n(c3cc(C(=O)NC(C)C(=O)N4CCN(CC)CC4)ccc13)CCOc1ccccc1-2.